The largest absolute Gasteiger partial charge is 0.476 e. The molecule has 0 aromatic heterocycles. The minimum Gasteiger partial charge on any atom is -0.476 e. The SMILES string of the molecule is CNC(=O)C1CN(S(=O)(=O)c2ccc(Cl)cc2C)c2ccccc2O1. The first-order chi connectivity index (χ1) is 11.8. The number of ether oxygens (including phenoxy) is 1. The number of carbonyl (C=O) groups excluding carboxylic acids is 1. The second-order valence-corrected chi connectivity index (χ2v) is 7.90. The molecule has 1 atom stereocenters. The van der Waals surface area contributed by atoms with Gasteiger partial charge in [0, 0.05) is 12.1 Å². The van der Waals surface area contributed by atoms with Crippen LogP contribution in [0.2, 0.25) is 5.02 Å². The monoisotopic (exact) mass is 380 g/mol. The fraction of sp³-hybridized carbons (Fsp3) is 0.235. The molecule has 0 fully saturated rings. The van der Waals surface area contributed by atoms with Crippen LogP contribution in [-0.4, -0.2) is 34.0 Å². The van der Waals surface area contributed by atoms with Gasteiger partial charge in [0.2, 0.25) is 0 Å². The maximum Gasteiger partial charge on any atom is 0.264 e. The van der Waals surface area contributed by atoms with Gasteiger partial charge in [-0.2, -0.15) is 0 Å². The summed E-state index contributed by atoms with van der Waals surface area (Å²) in [5, 5.41) is 2.95. The number of benzene rings is 2. The van der Waals surface area contributed by atoms with Gasteiger partial charge < -0.3 is 10.1 Å². The number of nitrogens with one attached hydrogen (secondary N) is 1. The summed E-state index contributed by atoms with van der Waals surface area (Å²) in [6.07, 6.45) is -0.928. The van der Waals surface area contributed by atoms with Crippen LogP contribution < -0.4 is 14.4 Å². The van der Waals surface area contributed by atoms with Crippen molar-refractivity contribution in [3.05, 3.63) is 53.1 Å². The van der Waals surface area contributed by atoms with Crippen LogP contribution in [0.1, 0.15) is 5.56 Å². The number of hydrogen-bond acceptors (Lipinski definition) is 4. The minimum absolute atomic E-state index is 0.110. The summed E-state index contributed by atoms with van der Waals surface area (Å²) >= 11 is 5.94. The number of carbonyl (C=O) groups is 1. The topological polar surface area (TPSA) is 75.7 Å². The van der Waals surface area contributed by atoms with Crippen molar-refractivity contribution in [2.75, 3.05) is 17.9 Å². The van der Waals surface area contributed by atoms with Crippen LogP contribution in [0.15, 0.2) is 47.4 Å². The second-order valence-electron chi connectivity index (χ2n) is 5.63. The highest BCUT2D eigenvalue weighted by Crippen LogP contribution is 2.37. The van der Waals surface area contributed by atoms with Crippen molar-refractivity contribution in [3.63, 3.8) is 0 Å². The molecule has 0 bridgehead atoms. The fourth-order valence-corrected chi connectivity index (χ4v) is 4.66. The minimum atomic E-state index is -3.88. The van der Waals surface area contributed by atoms with Crippen LogP contribution in [-0.2, 0) is 14.8 Å². The number of anilines is 1. The molecule has 132 valence electrons. The highest BCUT2D eigenvalue weighted by Gasteiger charge is 2.37. The Morgan fingerprint density at radius 2 is 2.00 bits per heavy atom. The molecule has 1 amide bonds. The average molecular weight is 381 g/mol. The fourth-order valence-electron chi connectivity index (χ4n) is 2.75. The van der Waals surface area contributed by atoms with Crippen LogP contribution in [0.25, 0.3) is 0 Å². The first-order valence-electron chi connectivity index (χ1n) is 7.61. The van der Waals surface area contributed by atoms with E-state index < -0.39 is 16.1 Å². The first-order valence-corrected chi connectivity index (χ1v) is 9.42. The van der Waals surface area contributed by atoms with E-state index in [1.54, 1.807) is 37.3 Å². The lowest BCUT2D eigenvalue weighted by molar-refractivity contribution is -0.127. The number of aryl methyl sites for hydroxylation is 1. The van der Waals surface area contributed by atoms with Gasteiger partial charge in [0.15, 0.2) is 6.10 Å². The first kappa shape index (κ1) is 17.6. The van der Waals surface area contributed by atoms with Gasteiger partial charge in [-0.1, -0.05) is 23.7 Å². The number of likely N-dealkylation sites (N-methyl/N-ethyl adjacent to an activating group) is 1. The molecule has 2 aromatic rings. The summed E-state index contributed by atoms with van der Waals surface area (Å²) in [6.45, 7) is 1.57. The lowest BCUT2D eigenvalue weighted by atomic mass is 10.2. The standard InChI is InChI=1S/C17H17ClN2O4S/c1-11-9-12(18)7-8-16(11)25(22,23)20-10-15(17(21)19-2)24-14-6-4-3-5-13(14)20/h3-9,15H,10H2,1-2H3,(H,19,21). The van der Waals surface area contributed by atoms with Crippen LogP contribution in [0.5, 0.6) is 5.75 Å². The van der Waals surface area contributed by atoms with Crippen LogP contribution in [0, 0.1) is 6.92 Å². The molecule has 1 aliphatic heterocycles. The van der Waals surface area contributed by atoms with Crippen molar-refractivity contribution in [1.29, 1.82) is 0 Å². The van der Waals surface area contributed by atoms with E-state index in [-0.39, 0.29) is 17.3 Å². The van der Waals surface area contributed by atoms with Gasteiger partial charge in [-0.15, -0.1) is 0 Å². The van der Waals surface area contributed by atoms with E-state index >= 15 is 0 Å². The van der Waals surface area contributed by atoms with Gasteiger partial charge in [0.25, 0.3) is 15.9 Å². The van der Waals surface area contributed by atoms with Gasteiger partial charge >= 0.3 is 0 Å². The van der Waals surface area contributed by atoms with Crippen molar-refractivity contribution in [2.24, 2.45) is 0 Å². The number of para-hydroxylation sites is 2. The third-order valence-electron chi connectivity index (χ3n) is 3.98. The summed E-state index contributed by atoms with van der Waals surface area (Å²) in [5.41, 5.74) is 0.935. The molecule has 6 nitrogen and oxygen atoms in total. The maximum absolute atomic E-state index is 13.2. The third kappa shape index (κ3) is 3.17. The quantitative estimate of drug-likeness (QED) is 0.886. The normalized spacial score (nSPS) is 16.8. The van der Waals surface area contributed by atoms with E-state index in [0.717, 1.165) is 0 Å². The second kappa shape index (κ2) is 6.57. The predicted octanol–water partition coefficient (Wildman–Crippen LogP) is 2.35. The zero-order chi connectivity index (χ0) is 18.2. The molecule has 0 saturated carbocycles. The molecule has 0 aliphatic carbocycles. The highest BCUT2D eigenvalue weighted by atomic mass is 35.5. The van der Waals surface area contributed by atoms with Gasteiger partial charge in [-0.25, -0.2) is 8.42 Å². The average Bonchev–Trinajstić information content (AvgIpc) is 2.59. The predicted molar refractivity (Wildman–Crippen MR) is 95.6 cm³/mol. The molecule has 0 saturated heterocycles. The molecule has 8 heteroatoms. The smallest absolute Gasteiger partial charge is 0.264 e. The summed E-state index contributed by atoms with van der Waals surface area (Å²) in [7, 11) is -2.40. The van der Waals surface area contributed by atoms with Crippen LogP contribution in [0.4, 0.5) is 5.69 Å². The molecule has 0 radical (unpaired) electrons. The molecule has 2 aromatic carbocycles. The highest BCUT2D eigenvalue weighted by molar-refractivity contribution is 7.92. The van der Waals surface area contributed by atoms with E-state index in [2.05, 4.69) is 5.32 Å². The number of amides is 1. The number of hydrogen-bond donors (Lipinski definition) is 1. The van der Waals surface area contributed by atoms with Crippen LogP contribution in [0.3, 0.4) is 0 Å². The summed E-state index contributed by atoms with van der Waals surface area (Å²) in [6, 6.07) is 11.3. The molecule has 25 heavy (non-hydrogen) atoms. The molecule has 0 spiro atoms. The van der Waals surface area contributed by atoms with Crippen molar-refractivity contribution in [3.8, 4) is 5.75 Å². The molecule has 1 heterocycles. The Labute approximate surface area is 151 Å². The van der Waals surface area contributed by atoms with E-state index in [1.807, 2.05) is 0 Å². The Balaban J connectivity index is 2.12. The lowest BCUT2D eigenvalue weighted by Gasteiger charge is -2.34. The van der Waals surface area contributed by atoms with Crippen LogP contribution >= 0.6 is 11.6 Å². The van der Waals surface area contributed by atoms with E-state index in [0.29, 0.717) is 22.0 Å². The van der Waals surface area contributed by atoms with E-state index in [9.17, 15) is 13.2 Å². The van der Waals surface area contributed by atoms with Crippen molar-refractivity contribution in [2.45, 2.75) is 17.9 Å². The molecule has 1 N–H and O–H groups in total. The Bertz CT molecular complexity index is 930. The number of rotatable bonds is 3. The summed E-state index contributed by atoms with van der Waals surface area (Å²) in [5.74, 6) is -0.0416. The zero-order valence-corrected chi connectivity index (χ0v) is 15.3. The molecule has 1 aliphatic rings. The zero-order valence-electron chi connectivity index (χ0n) is 13.7. The Hall–Kier alpha value is -2.25. The Kier molecular flexibility index (Phi) is 4.62. The lowest BCUT2D eigenvalue weighted by Crippen LogP contribution is -2.50. The van der Waals surface area contributed by atoms with E-state index in [4.69, 9.17) is 16.3 Å². The number of nitrogens with zero attached hydrogens (tertiary/aromatic N) is 1. The van der Waals surface area contributed by atoms with Crippen molar-refractivity contribution < 1.29 is 17.9 Å². The maximum atomic E-state index is 13.2. The van der Waals surface area contributed by atoms with Gasteiger partial charge in [-0.3, -0.25) is 9.10 Å². The Morgan fingerprint density at radius 3 is 2.68 bits per heavy atom. The molecular formula is C17H17ClN2O4S. The number of fused-ring (bicyclic) bond motifs is 1. The van der Waals surface area contributed by atoms with Gasteiger partial charge in [0.05, 0.1) is 17.1 Å². The third-order valence-corrected chi connectivity index (χ3v) is 6.15. The molecule has 3 rings (SSSR count). The van der Waals surface area contributed by atoms with Crippen molar-refractivity contribution >= 4 is 33.2 Å². The number of halogens is 1. The van der Waals surface area contributed by atoms with Crippen molar-refractivity contribution in [1.82, 2.24) is 5.32 Å². The number of sulfonamides is 1. The van der Waals surface area contributed by atoms with Gasteiger partial charge in [-0.05, 0) is 42.8 Å². The van der Waals surface area contributed by atoms with Gasteiger partial charge in [0.1, 0.15) is 5.75 Å². The van der Waals surface area contributed by atoms with E-state index in [1.165, 1.54) is 23.5 Å². The summed E-state index contributed by atoms with van der Waals surface area (Å²) in [4.78, 5) is 12.2. The molecular weight excluding hydrogens is 364 g/mol. The summed E-state index contributed by atoms with van der Waals surface area (Å²) < 4.78 is 33.3. The Morgan fingerprint density at radius 1 is 1.28 bits per heavy atom. The molecule has 1 unspecified atom stereocenters.